The number of carbonyl (C=O) groups is 1. The van der Waals surface area contributed by atoms with Crippen molar-refractivity contribution < 1.29 is 4.79 Å². The van der Waals surface area contributed by atoms with Crippen LogP contribution in [-0.2, 0) is 4.79 Å². The Balaban J connectivity index is 3.05. The van der Waals surface area contributed by atoms with Crippen LogP contribution in [0.2, 0.25) is 0 Å². The summed E-state index contributed by atoms with van der Waals surface area (Å²) < 4.78 is 0. The van der Waals surface area contributed by atoms with Crippen molar-refractivity contribution in [3.63, 3.8) is 0 Å². The van der Waals surface area contributed by atoms with E-state index in [4.69, 9.17) is 11.5 Å². The zero-order valence-corrected chi connectivity index (χ0v) is 5.71. The summed E-state index contributed by atoms with van der Waals surface area (Å²) in [6.07, 6.45) is 1.41. The van der Waals surface area contributed by atoms with E-state index in [0.717, 1.165) is 6.42 Å². The molecule has 0 rings (SSSR count). The molecule has 0 unspecified atom stereocenters. The fraction of sp³-hybridized carbons (Fsp3) is 0.600. The molecule has 10 heavy (non-hydrogen) atoms. The van der Waals surface area contributed by atoms with Gasteiger partial charge in [0.25, 0.3) is 0 Å². The Morgan fingerprint density at radius 2 is 2.30 bits per heavy atom. The molecule has 0 bridgehead atoms. The predicted molar refractivity (Wildman–Crippen MR) is 39.4 cm³/mol. The average molecular weight is 144 g/mol. The highest BCUT2D eigenvalue weighted by molar-refractivity contribution is 5.75. The van der Waals surface area contributed by atoms with Gasteiger partial charge in [0.1, 0.15) is 0 Å². The third-order valence-corrected chi connectivity index (χ3v) is 0.857. The minimum absolute atomic E-state index is 0.0890. The molecule has 0 radical (unpaired) electrons. The molecular formula is C5H12N4O. The van der Waals surface area contributed by atoms with Gasteiger partial charge in [-0.3, -0.25) is 9.79 Å². The number of aliphatic imine (C=N–C) groups is 1. The molecule has 0 heterocycles. The van der Waals surface area contributed by atoms with E-state index < -0.39 is 0 Å². The number of nitrogens with zero attached hydrogens (tertiary/aromatic N) is 1. The third-order valence-electron chi connectivity index (χ3n) is 0.857. The zero-order chi connectivity index (χ0) is 7.82. The lowest BCUT2D eigenvalue weighted by Gasteiger charge is -1.94. The van der Waals surface area contributed by atoms with Gasteiger partial charge in [0.15, 0.2) is 5.96 Å². The van der Waals surface area contributed by atoms with E-state index in [0.29, 0.717) is 19.5 Å². The van der Waals surface area contributed by atoms with Gasteiger partial charge in [-0.15, -0.1) is 0 Å². The topological polar surface area (TPSA) is 93.5 Å². The molecule has 0 aromatic rings. The Morgan fingerprint density at radius 3 is 2.80 bits per heavy atom. The molecule has 0 aromatic carbocycles. The highest BCUT2D eigenvalue weighted by Crippen LogP contribution is 1.75. The molecule has 5 heteroatoms. The zero-order valence-electron chi connectivity index (χ0n) is 5.71. The summed E-state index contributed by atoms with van der Waals surface area (Å²) in [5.41, 5.74) is 10.1. The number of carbonyl (C=O) groups excluding carboxylic acids is 1. The van der Waals surface area contributed by atoms with Crippen LogP contribution in [0.15, 0.2) is 4.99 Å². The fourth-order valence-corrected chi connectivity index (χ4v) is 0.448. The Bertz CT molecular complexity index is 119. The Morgan fingerprint density at radius 1 is 1.60 bits per heavy atom. The standard InChI is InChI=1S/C5H12N4O/c6-5(7)9-3-1-2-8-4-10/h4H,1-3H2,(H,8,10)(H4,6,7,9). The second-order valence-electron chi connectivity index (χ2n) is 1.73. The summed E-state index contributed by atoms with van der Waals surface area (Å²) in [7, 11) is 0. The molecule has 58 valence electrons. The molecule has 0 aliphatic heterocycles. The van der Waals surface area contributed by atoms with Crippen molar-refractivity contribution in [1.82, 2.24) is 5.32 Å². The normalized spacial score (nSPS) is 8.40. The number of hydrogen-bond donors (Lipinski definition) is 3. The predicted octanol–water partition coefficient (Wildman–Crippen LogP) is -1.60. The molecule has 0 fully saturated rings. The van der Waals surface area contributed by atoms with E-state index in [1.807, 2.05) is 0 Å². The first-order chi connectivity index (χ1) is 4.77. The van der Waals surface area contributed by atoms with Crippen LogP contribution in [0.5, 0.6) is 0 Å². The van der Waals surface area contributed by atoms with Gasteiger partial charge in [0.2, 0.25) is 6.41 Å². The maximum Gasteiger partial charge on any atom is 0.207 e. The first kappa shape index (κ1) is 8.74. The van der Waals surface area contributed by atoms with Crippen molar-refractivity contribution in [2.24, 2.45) is 16.5 Å². The van der Waals surface area contributed by atoms with Gasteiger partial charge < -0.3 is 16.8 Å². The lowest BCUT2D eigenvalue weighted by molar-refractivity contribution is -0.109. The van der Waals surface area contributed by atoms with Gasteiger partial charge in [-0.2, -0.15) is 0 Å². The largest absolute Gasteiger partial charge is 0.370 e. The number of nitrogens with two attached hydrogens (primary N) is 2. The van der Waals surface area contributed by atoms with Crippen LogP contribution in [0.3, 0.4) is 0 Å². The maximum absolute atomic E-state index is 9.71. The molecule has 0 spiro atoms. The molecule has 0 saturated heterocycles. The van der Waals surface area contributed by atoms with Crippen LogP contribution < -0.4 is 16.8 Å². The lowest BCUT2D eigenvalue weighted by Crippen LogP contribution is -2.23. The number of hydrogen-bond acceptors (Lipinski definition) is 2. The minimum atomic E-state index is 0.0890. The van der Waals surface area contributed by atoms with Crippen molar-refractivity contribution in [3.05, 3.63) is 0 Å². The number of rotatable bonds is 5. The summed E-state index contributed by atoms with van der Waals surface area (Å²) >= 11 is 0. The van der Waals surface area contributed by atoms with Gasteiger partial charge in [-0.25, -0.2) is 0 Å². The highest BCUT2D eigenvalue weighted by Gasteiger charge is 1.83. The van der Waals surface area contributed by atoms with Gasteiger partial charge in [0, 0.05) is 13.1 Å². The van der Waals surface area contributed by atoms with Crippen molar-refractivity contribution in [2.75, 3.05) is 13.1 Å². The molecule has 0 saturated carbocycles. The molecule has 0 aliphatic rings. The van der Waals surface area contributed by atoms with Crippen molar-refractivity contribution in [2.45, 2.75) is 6.42 Å². The summed E-state index contributed by atoms with van der Waals surface area (Å²) in [5, 5.41) is 2.49. The molecule has 0 atom stereocenters. The average Bonchev–Trinajstić information content (AvgIpc) is 1.87. The SMILES string of the molecule is NC(N)=NCCCNC=O. The monoisotopic (exact) mass is 144 g/mol. The van der Waals surface area contributed by atoms with E-state index in [9.17, 15) is 4.79 Å². The maximum atomic E-state index is 9.71. The van der Waals surface area contributed by atoms with Crippen molar-refractivity contribution in [3.8, 4) is 0 Å². The van der Waals surface area contributed by atoms with Crippen molar-refractivity contribution in [1.29, 1.82) is 0 Å². The first-order valence-electron chi connectivity index (χ1n) is 3.00. The smallest absolute Gasteiger partial charge is 0.207 e. The van der Waals surface area contributed by atoms with Crippen LogP contribution >= 0.6 is 0 Å². The summed E-state index contributed by atoms with van der Waals surface area (Å²) in [6, 6.07) is 0. The van der Waals surface area contributed by atoms with Crippen LogP contribution in [0, 0.1) is 0 Å². The number of nitrogens with one attached hydrogen (secondary N) is 1. The van der Waals surface area contributed by atoms with Crippen LogP contribution in [-0.4, -0.2) is 25.5 Å². The molecule has 0 aliphatic carbocycles. The fourth-order valence-electron chi connectivity index (χ4n) is 0.448. The molecule has 5 N–H and O–H groups in total. The van der Waals surface area contributed by atoms with Gasteiger partial charge in [-0.1, -0.05) is 0 Å². The first-order valence-corrected chi connectivity index (χ1v) is 3.00. The van der Waals surface area contributed by atoms with E-state index in [1.165, 1.54) is 0 Å². The van der Waals surface area contributed by atoms with E-state index in [-0.39, 0.29) is 5.96 Å². The summed E-state index contributed by atoms with van der Waals surface area (Å²) in [6.45, 7) is 1.17. The summed E-state index contributed by atoms with van der Waals surface area (Å²) in [4.78, 5) is 13.4. The van der Waals surface area contributed by atoms with E-state index in [2.05, 4.69) is 10.3 Å². The second kappa shape index (κ2) is 5.87. The Labute approximate surface area is 59.5 Å². The number of amides is 1. The van der Waals surface area contributed by atoms with Crippen LogP contribution in [0.4, 0.5) is 0 Å². The van der Waals surface area contributed by atoms with Gasteiger partial charge >= 0.3 is 0 Å². The van der Waals surface area contributed by atoms with Crippen LogP contribution in [0.1, 0.15) is 6.42 Å². The highest BCUT2D eigenvalue weighted by atomic mass is 16.1. The molecule has 0 aromatic heterocycles. The summed E-state index contributed by atoms with van der Waals surface area (Å²) in [5.74, 6) is 0.0890. The van der Waals surface area contributed by atoms with Crippen molar-refractivity contribution >= 4 is 12.4 Å². The second-order valence-corrected chi connectivity index (χ2v) is 1.73. The lowest BCUT2D eigenvalue weighted by atomic mass is 10.4. The van der Waals surface area contributed by atoms with Gasteiger partial charge in [-0.05, 0) is 6.42 Å². The van der Waals surface area contributed by atoms with E-state index >= 15 is 0 Å². The van der Waals surface area contributed by atoms with Gasteiger partial charge in [0.05, 0.1) is 0 Å². The molecule has 5 nitrogen and oxygen atoms in total. The quantitative estimate of drug-likeness (QED) is 0.188. The van der Waals surface area contributed by atoms with E-state index in [1.54, 1.807) is 0 Å². The molecular weight excluding hydrogens is 132 g/mol. The third kappa shape index (κ3) is 6.74. The Kier molecular flexibility index (Phi) is 5.13. The minimum Gasteiger partial charge on any atom is -0.370 e. The number of guanidine groups is 1. The Hall–Kier alpha value is -1.26. The molecule has 1 amide bonds. The van der Waals surface area contributed by atoms with Crippen LogP contribution in [0.25, 0.3) is 0 Å².